The second-order valence-corrected chi connectivity index (χ2v) is 8.72. The quantitative estimate of drug-likeness (QED) is 0.285. The van der Waals surface area contributed by atoms with Gasteiger partial charge in [0, 0.05) is 38.9 Å². The van der Waals surface area contributed by atoms with Crippen molar-refractivity contribution in [3.63, 3.8) is 0 Å². The molecule has 11 heteroatoms. The number of methoxy groups -OCH3 is 2. The number of aromatic amines is 1. The Labute approximate surface area is 209 Å². The molecule has 0 radical (unpaired) electrons. The number of nitrogens with zero attached hydrogens (tertiary/aromatic N) is 7. The van der Waals surface area contributed by atoms with Crippen LogP contribution in [0.2, 0.25) is 5.02 Å². The first kappa shape index (κ1) is 25.0. The van der Waals surface area contributed by atoms with E-state index in [0.29, 0.717) is 35.3 Å². The summed E-state index contributed by atoms with van der Waals surface area (Å²) in [5.41, 5.74) is 2.72. The Bertz CT molecular complexity index is 1210. The number of unbranched alkanes of at least 4 members (excludes halogenated alkanes) is 1. The molecule has 1 N–H and O–H groups in total. The molecule has 10 nitrogen and oxygen atoms in total. The summed E-state index contributed by atoms with van der Waals surface area (Å²) in [6, 6.07) is 10.0. The van der Waals surface area contributed by atoms with Crippen LogP contribution in [0.25, 0.3) is 17.2 Å². The molecule has 0 unspecified atom stereocenters. The molecule has 0 saturated heterocycles. The third kappa shape index (κ3) is 5.14. The molecule has 3 heterocycles. The number of tetrazole rings is 1. The van der Waals surface area contributed by atoms with Gasteiger partial charge in [-0.05, 0) is 35.4 Å². The van der Waals surface area contributed by atoms with Crippen LogP contribution in [0, 0.1) is 0 Å². The van der Waals surface area contributed by atoms with Crippen molar-refractivity contribution in [2.45, 2.75) is 58.3 Å². The maximum absolute atomic E-state index is 6.39. The van der Waals surface area contributed by atoms with E-state index in [0.717, 1.165) is 42.8 Å². The average molecular weight is 499 g/mol. The topological polar surface area (TPSA) is 109 Å². The first-order chi connectivity index (χ1) is 17.0. The predicted octanol–water partition coefficient (Wildman–Crippen LogP) is 4.54. The Kier molecular flexibility index (Phi) is 7.94. The first-order valence-electron chi connectivity index (χ1n) is 11.8. The number of nitrogens with one attached hydrogen (secondary N) is 1. The van der Waals surface area contributed by atoms with Gasteiger partial charge in [-0.1, -0.05) is 50.4 Å². The minimum atomic E-state index is -0.940. The maximum Gasteiger partial charge on any atom is 0.231 e. The molecule has 4 aromatic rings. The smallest absolute Gasteiger partial charge is 0.231 e. The summed E-state index contributed by atoms with van der Waals surface area (Å²) in [6.07, 6.45) is 6.40. The molecule has 0 aliphatic carbocycles. The molecular weight excluding hydrogens is 468 g/mol. The predicted molar refractivity (Wildman–Crippen MR) is 132 cm³/mol. The molecule has 0 bridgehead atoms. The molecule has 1 aromatic carbocycles. The van der Waals surface area contributed by atoms with E-state index in [4.69, 9.17) is 31.2 Å². The summed E-state index contributed by atoms with van der Waals surface area (Å²) in [5, 5.41) is 19.6. The number of benzene rings is 1. The lowest BCUT2D eigenvalue weighted by molar-refractivity contribution is -0.225. The van der Waals surface area contributed by atoms with Gasteiger partial charge in [0.1, 0.15) is 11.5 Å². The Hall–Kier alpha value is -3.08. The van der Waals surface area contributed by atoms with E-state index in [1.54, 1.807) is 14.2 Å². The van der Waals surface area contributed by atoms with Gasteiger partial charge in [0.15, 0.2) is 0 Å². The van der Waals surface area contributed by atoms with Crippen LogP contribution in [0.5, 0.6) is 0 Å². The Morgan fingerprint density at radius 1 is 1.06 bits per heavy atom. The normalized spacial score (nSPS) is 11.9. The second-order valence-electron chi connectivity index (χ2n) is 8.31. The Morgan fingerprint density at radius 3 is 2.46 bits per heavy atom. The van der Waals surface area contributed by atoms with Crippen molar-refractivity contribution in [2.24, 2.45) is 0 Å². The van der Waals surface area contributed by atoms with Crippen LogP contribution >= 0.6 is 11.6 Å². The van der Waals surface area contributed by atoms with Crippen LogP contribution in [0.3, 0.4) is 0 Å². The van der Waals surface area contributed by atoms with Crippen LogP contribution in [-0.2, 0) is 28.2 Å². The zero-order valence-electron chi connectivity index (χ0n) is 20.5. The van der Waals surface area contributed by atoms with E-state index < -0.39 is 5.79 Å². The van der Waals surface area contributed by atoms with E-state index in [2.05, 4.69) is 46.6 Å². The van der Waals surface area contributed by atoms with Gasteiger partial charge in [-0.2, -0.15) is 5.21 Å². The number of aryl methyl sites for hydroxylation is 1. The molecule has 0 saturated carbocycles. The fourth-order valence-electron chi connectivity index (χ4n) is 4.13. The third-order valence-electron chi connectivity index (χ3n) is 6.02. The number of hydrogen-bond acceptors (Lipinski definition) is 7. The number of halogens is 1. The van der Waals surface area contributed by atoms with Crippen LogP contribution in [0.15, 0.2) is 36.5 Å². The van der Waals surface area contributed by atoms with Crippen LogP contribution in [0.4, 0.5) is 0 Å². The summed E-state index contributed by atoms with van der Waals surface area (Å²) in [7, 11) is 3.28. The van der Waals surface area contributed by atoms with Crippen LogP contribution < -0.4 is 0 Å². The monoisotopic (exact) mass is 498 g/mol. The summed E-state index contributed by atoms with van der Waals surface area (Å²) in [4.78, 5) is 4.84. The Balaban J connectivity index is 1.62. The highest BCUT2D eigenvalue weighted by Gasteiger charge is 2.36. The highest BCUT2D eigenvalue weighted by Crippen LogP contribution is 2.30. The van der Waals surface area contributed by atoms with Crippen molar-refractivity contribution >= 4 is 11.6 Å². The molecule has 0 spiro atoms. The lowest BCUT2D eigenvalue weighted by atomic mass is 10.1. The highest BCUT2D eigenvalue weighted by atomic mass is 35.5. The van der Waals surface area contributed by atoms with Gasteiger partial charge in [0.25, 0.3) is 0 Å². The van der Waals surface area contributed by atoms with Crippen LogP contribution in [-0.4, -0.2) is 54.2 Å². The fourth-order valence-corrected chi connectivity index (χ4v) is 4.36. The van der Waals surface area contributed by atoms with E-state index in [-0.39, 0.29) is 0 Å². The van der Waals surface area contributed by atoms with Gasteiger partial charge in [-0.25, -0.2) is 9.67 Å². The number of rotatable bonds is 12. The summed E-state index contributed by atoms with van der Waals surface area (Å²) < 4.78 is 15.4. The number of hydrogen-bond donors (Lipinski definition) is 1. The lowest BCUT2D eigenvalue weighted by Crippen LogP contribution is -2.32. The fraction of sp³-hybridized carbons (Fsp3) is 0.458. The molecular formula is C24H31ClN8O2. The van der Waals surface area contributed by atoms with E-state index in [9.17, 15) is 0 Å². The molecule has 0 aliphatic heterocycles. The van der Waals surface area contributed by atoms with Crippen molar-refractivity contribution in [2.75, 3.05) is 14.2 Å². The summed E-state index contributed by atoms with van der Waals surface area (Å²) in [5.74, 6) is 0.992. The molecule has 35 heavy (non-hydrogen) atoms. The minimum Gasteiger partial charge on any atom is -0.347 e. The molecule has 0 fully saturated rings. The number of H-pyrrole nitrogens is 1. The van der Waals surface area contributed by atoms with Gasteiger partial charge in [-0.3, -0.25) is 0 Å². The third-order valence-corrected chi connectivity index (χ3v) is 6.33. The van der Waals surface area contributed by atoms with E-state index in [1.807, 2.05) is 33.6 Å². The van der Waals surface area contributed by atoms with Crippen molar-refractivity contribution < 1.29 is 9.47 Å². The van der Waals surface area contributed by atoms with Gasteiger partial charge < -0.3 is 14.0 Å². The van der Waals surface area contributed by atoms with Crippen molar-refractivity contribution in [3.8, 4) is 17.2 Å². The van der Waals surface area contributed by atoms with Crippen molar-refractivity contribution in [1.82, 2.24) is 40.0 Å². The molecule has 0 atom stereocenters. The summed E-state index contributed by atoms with van der Waals surface area (Å²) in [6.45, 7) is 4.85. The molecule has 4 rings (SSSR count). The SMILES string of the molecule is CCCCc1nc(C(CCC)(OC)OC)nn1Cc1ccc(-n2ccc(Cl)c2-c2nn[nH]n2)cc1. The van der Waals surface area contributed by atoms with Gasteiger partial charge in [0.05, 0.1) is 11.6 Å². The minimum absolute atomic E-state index is 0.437. The largest absolute Gasteiger partial charge is 0.347 e. The summed E-state index contributed by atoms with van der Waals surface area (Å²) >= 11 is 6.39. The zero-order chi connectivity index (χ0) is 24.8. The van der Waals surface area contributed by atoms with Gasteiger partial charge in [0.2, 0.25) is 17.4 Å². The highest BCUT2D eigenvalue weighted by molar-refractivity contribution is 6.33. The molecule has 0 amide bonds. The Morgan fingerprint density at radius 2 is 1.83 bits per heavy atom. The number of aromatic nitrogens is 8. The van der Waals surface area contributed by atoms with Crippen LogP contribution in [0.1, 0.15) is 56.7 Å². The van der Waals surface area contributed by atoms with Gasteiger partial charge in [-0.15, -0.1) is 15.3 Å². The van der Waals surface area contributed by atoms with E-state index in [1.165, 1.54) is 0 Å². The lowest BCUT2D eigenvalue weighted by Gasteiger charge is -2.27. The average Bonchev–Trinajstić information content (AvgIpc) is 3.62. The second kappa shape index (κ2) is 11.1. The standard InChI is InChI=1S/C24H31ClN8O2/c1-5-7-8-20-26-23(24(34-3,35-4)14-6-2)29-33(20)16-17-9-11-18(12-10-17)32-15-13-19(25)21(32)22-27-30-31-28-22/h9-13,15H,5-8,14,16H2,1-4H3,(H,27,28,30,31). The molecule has 3 aromatic heterocycles. The van der Waals surface area contributed by atoms with Crippen molar-refractivity contribution in [3.05, 3.63) is 58.8 Å². The van der Waals surface area contributed by atoms with Gasteiger partial charge >= 0.3 is 0 Å². The maximum atomic E-state index is 6.39. The zero-order valence-corrected chi connectivity index (χ0v) is 21.3. The molecule has 186 valence electrons. The van der Waals surface area contributed by atoms with E-state index >= 15 is 0 Å². The number of ether oxygens (including phenoxy) is 2. The molecule has 0 aliphatic rings. The van der Waals surface area contributed by atoms with Crippen molar-refractivity contribution in [1.29, 1.82) is 0 Å². The first-order valence-corrected chi connectivity index (χ1v) is 12.2.